The van der Waals surface area contributed by atoms with E-state index in [-0.39, 0.29) is 12.5 Å². The van der Waals surface area contributed by atoms with E-state index in [4.69, 9.17) is 4.74 Å². The number of fused-ring (bicyclic) bond motifs is 1. The molecule has 4 heterocycles. The Kier molecular flexibility index (Phi) is 6.28. The molecule has 0 radical (unpaired) electrons. The van der Waals surface area contributed by atoms with Gasteiger partial charge < -0.3 is 20.1 Å². The quantitative estimate of drug-likeness (QED) is 0.487. The molecule has 184 valence electrons. The standard InChI is InChI=1S/C28H27FN4O3/c1-28(2)22(16-24(36-28)26-21-15-20(29)4-5-23(21)32-27(26)35)19-3-6-25(31-17-19)33(13-14-34)12-9-18-7-10-30-11-8-18/h3-8,10-11,15-17,34H,9,12-14H2,1-2H3,(H,32,35)/b26-24+. The van der Waals surface area contributed by atoms with Crippen LogP contribution in [0.3, 0.4) is 0 Å². The van der Waals surface area contributed by atoms with Gasteiger partial charge in [-0.15, -0.1) is 0 Å². The number of aliphatic hydroxyl groups is 1. The van der Waals surface area contributed by atoms with E-state index < -0.39 is 11.4 Å². The maximum absolute atomic E-state index is 13.9. The molecule has 2 N–H and O–H groups in total. The third kappa shape index (κ3) is 4.59. The summed E-state index contributed by atoms with van der Waals surface area (Å²) in [5.74, 6) is 0.430. The Bertz CT molecular complexity index is 1350. The van der Waals surface area contributed by atoms with Gasteiger partial charge in [0.05, 0.1) is 12.2 Å². The van der Waals surface area contributed by atoms with E-state index in [1.807, 2.05) is 49.1 Å². The van der Waals surface area contributed by atoms with E-state index in [9.17, 15) is 14.3 Å². The molecule has 8 heteroatoms. The SMILES string of the molecule is CC1(C)O/C(=C2/C(=O)Nc3ccc(F)cc32)C=C1c1ccc(N(CCO)CCc2ccncc2)nc1. The molecule has 1 aromatic carbocycles. The van der Waals surface area contributed by atoms with Crippen LogP contribution in [0.2, 0.25) is 0 Å². The molecular weight excluding hydrogens is 459 g/mol. The van der Waals surface area contributed by atoms with Crippen LogP contribution in [-0.4, -0.2) is 46.3 Å². The number of nitrogens with one attached hydrogen (secondary N) is 1. The molecule has 3 aromatic rings. The van der Waals surface area contributed by atoms with E-state index in [0.29, 0.717) is 35.7 Å². The lowest BCUT2D eigenvalue weighted by molar-refractivity contribution is -0.111. The number of nitrogens with zero attached hydrogens (tertiary/aromatic N) is 3. The van der Waals surface area contributed by atoms with Crippen LogP contribution in [0, 0.1) is 5.82 Å². The number of carbonyl (C=O) groups excluding carboxylic acids is 1. The first-order valence-corrected chi connectivity index (χ1v) is 11.8. The summed E-state index contributed by atoms with van der Waals surface area (Å²) in [6.45, 7) is 5.04. The number of aromatic nitrogens is 2. The summed E-state index contributed by atoms with van der Waals surface area (Å²) in [5.41, 5.74) is 3.55. The van der Waals surface area contributed by atoms with Crippen molar-refractivity contribution in [3.63, 3.8) is 0 Å². The number of halogens is 1. The molecular formula is C28H27FN4O3. The van der Waals surface area contributed by atoms with Crippen LogP contribution in [0.15, 0.2) is 72.9 Å². The van der Waals surface area contributed by atoms with Crippen molar-refractivity contribution in [1.82, 2.24) is 9.97 Å². The molecule has 0 atom stereocenters. The fourth-order valence-electron chi connectivity index (χ4n) is 4.61. The third-order valence-electron chi connectivity index (χ3n) is 6.43. The monoisotopic (exact) mass is 486 g/mol. The van der Waals surface area contributed by atoms with Crippen LogP contribution >= 0.6 is 0 Å². The van der Waals surface area contributed by atoms with Gasteiger partial charge in [0.1, 0.15) is 23.0 Å². The maximum Gasteiger partial charge on any atom is 0.260 e. The van der Waals surface area contributed by atoms with E-state index in [0.717, 1.165) is 28.9 Å². The number of amides is 1. The fraction of sp³-hybridized carbons (Fsp3) is 0.250. The van der Waals surface area contributed by atoms with Gasteiger partial charge in [0.2, 0.25) is 0 Å². The van der Waals surface area contributed by atoms with Gasteiger partial charge in [-0.25, -0.2) is 9.37 Å². The van der Waals surface area contributed by atoms with E-state index in [2.05, 4.69) is 15.3 Å². The van der Waals surface area contributed by atoms with Gasteiger partial charge in [0.15, 0.2) is 0 Å². The minimum Gasteiger partial charge on any atom is -0.482 e. The molecule has 1 amide bonds. The topological polar surface area (TPSA) is 87.6 Å². The van der Waals surface area contributed by atoms with Crippen LogP contribution in [-0.2, 0) is 16.0 Å². The molecule has 5 rings (SSSR count). The number of pyridine rings is 2. The molecule has 36 heavy (non-hydrogen) atoms. The van der Waals surface area contributed by atoms with Crippen molar-refractivity contribution in [2.75, 3.05) is 29.9 Å². The first kappa shape index (κ1) is 23.7. The van der Waals surface area contributed by atoms with Crippen molar-refractivity contribution < 1.29 is 19.0 Å². The summed E-state index contributed by atoms with van der Waals surface area (Å²) in [6.07, 6.45) is 7.95. The van der Waals surface area contributed by atoms with Gasteiger partial charge in [0, 0.05) is 54.1 Å². The van der Waals surface area contributed by atoms with Crippen LogP contribution < -0.4 is 10.2 Å². The number of carbonyl (C=O) groups is 1. The van der Waals surface area contributed by atoms with Crippen molar-refractivity contribution in [2.24, 2.45) is 0 Å². The molecule has 0 saturated heterocycles. The molecule has 2 aromatic heterocycles. The molecule has 0 spiro atoms. The molecule has 0 unspecified atom stereocenters. The normalized spacial score (nSPS) is 17.9. The van der Waals surface area contributed by atoms with Crippen LogP contribution in [0.4, 0.5) is 15.9 Å². The zero-order valence-electron chi connectivity index (χ0n) is 20.2. The van der Waals surface area contributed by atoms with Crippen molar-refractivity contribution in [3.05, 3.63) is 95.4 Å². The van der Waals surface area contributed by atoms with Crippen LogP contribution in [0.5, 0.6) is 0 Å². The number of allylic oxidation sites excluding steroid dienone is 1. The Labute approximate surface area is 209 Å². The summed E-state index contributed by atoms with van der Waals surface area (Å²) in [5, 5.41) is 12.3. The number of hydrogen-bond donors (Lipinski definition) is 2. The molecule has 0 fully saturated rings. The Morgan fingerprint density at radius 2 is 1.92 bits per heavy atom. The number of ether oxygens (including phenoxy) is 1. The van der Waals surface area contributed by atoms with Crippen LogP contribution in [0.1, 0.15) is 30.5 Å². The Balaban J connectivity index is 1.42. The summed E-state index contributed by atoms with van der Waals surface area (Å²) >= 11 is 0. The molecule has 2 aliphatic heterocycles. The summed E-state index contributed by atoms with van der Waals surface area (Å²) in [6, 6.07) is 12.1. The summed E-state index contributed by atoms with van der Waals surface area (Å²) in [4.78, 5) is 23.4. The third-order valence-corrected chi connectivity index (χ3v) is 6.43. The van der Waals surface area contributed by atoms with Gasteiger partial charge in [-0.05, 0) is 74.4 Å². The first-order valence-electron chi connectivity index (χ1n) is 11.8. The lowest BCUT2D eigenvalue weighted by Crippen LogP contribution is -2.29. The van der Waals surface area contributed by atoms with Crippen LogP contribution in [0.25, 0.3) is 11.1 Å². The highest BCUT2D eigenvalue weighted by atomic mass is 19.1. The zero-order chi connectivity index (χ0) is 25.3. The highest BCUT2D eigenvalue weighted by Gasteiger charge is 2.38. The maximum atomic E-state index is 13.9. The number of benzene rings is 1. The van der Waals surface area contributed by atoms with Gasteiger partial charge >= 0.3 is 0 Å². The Morgan fingerprint density at radius 1 is 1.11 bits per heavy atom. The van der Waals surface area contributed by atoms with Crippen molar-refractivity contribution >= 4 is 28.6 Å². The number of anilines is 2. The van der Waals surface area contributed by atoms with E-state index >= 15 is 0 Å². The smallest absolute Gasteiger partial charge is 0.260 e. The largest absolute Gasteiger partial charge is 0.482 e. The summed E-state index contributed by atoms with van der Waals surface area (Å²) in [7, 11) is 0. The molecule has 7 nitrogen and oxygen atoms in total. The average molecular weight is 487 g/mol. The number of rotatable bonds is 7. The second-order valence-electron chi connectivity index (χ2n) is 9.27. The van der Waals surface area contributed by atoms with Gasteiger partial charge in [0.25, 0.3) is 5.91 Å². The average Bonchev–Trinajstić information content (AvgIpc) is 3.36. The highest BCUT2D eigenvalue weighted by molar-refractivity contribution is 6.32. The van der Waals surface area contributed by atoms with Crippen molar-refractivity contribution in [3.8, 4) is 0 Å². The van der Waals surface area contributed by atoms with Crippen molar-refractivity contribution in [1.29, 1.82) is 0 Å². The fourth-order valence-corrected chi connectivity index (χ4v) is 4.61. The number of hydrogen-bond acceptors (Lipinski definition) is 6. The van der Waals surface area contributed by atoms with Gasteiger partial charge in [-0.2, -0.15) is 0 Å². The minimum absolute atomic E-state index is 0.0207. The lowest BCUT2D eigenvalue weighted by atomic mass is 9.93. The Morgan fingerprint density at radius 3 is 2.64 bits per heavy atom. The highest BCUT2D eigenvalue weighted by Crippen LogP contribution is 2.44. The minimum atomic E-state index is -0.714. The second kappa shape index (κ2) is 9.54. The second-order valence-corrected chi connectivity index (χ2v) is 9.27. The van der Waals surface area contributed by atoms with E-state index in [1.54, 1.807) is 24.7 Å². The van der Waals surface area contributed by atoms with Gasteiger partial charge in [-0.1, -0.05) is 0 Å². The van der Waals surface area contributed by atoms with E-state index in [1.165, 1.54) is 12.1 Å². The van der Waals surface area contributed by atoms with Gasteiger partial charge in [-0.3, -0.25) is 9.78 Å². The predicted molar refractivity (Wildman–Crippen MR) is 137 cm³/mol. The lowest BCUT2D eigenvalue weighted by Gasteiger charge is -2.25. The summed E-state index contributed by atoms with van der Waals surface area (Å²) < 4.78 is 20.1. The molecule has 2 aliphatic rings. The predicted octanol–water partition coefficient (Wildman–Crippen LogP) is 4.21. The Hall–Kier alpha value is -4.04. The van der Waals surface area contributed by atoms with Crippen molar-refractivity contribution in [2.45, 2.75) is 25.9 Å². The molecule has 0 bridgehead atoms. The molecule has 0 saturated carbocycles. The first-order chi connectivity index (χ1) is 17.4. The zero-order valence-corrected chi connectivity index (χ0v) is 20.2. The number of aliphatic hydroxyl groups excluding tert-OH is 1. The molecule has 0 aliphatic carbocycles.